The maximum absolute atomic E-state index is 11.5. The van der Waals surface area contributed by atoms with Crippen molar-refractivity contribution in [1.82, 2.24) is 5.32 Å². The lowest BCUT2D eigenvalue weighted by atomic mass is 10.2. The van der Waals surface area contributed by atoms with Crippen molar-refractivity contribution < 1.29 is 9.53 Å². The monoisotopic (exact) mass is 298 g/mol. The van der Waals surface area contributed by atoms with Crippen LogP contribution in [0.4, 0.5) is 5.69 Å². The molecule has 6 heteroatoms. The van der Waals surface area contributed by atoms with Gasteiger partial charge in [0.15, 0.2) is 5.11 Å². The molecule has 0 aromatic heterocycles. The molecule has 102 valence electrons. The van der Waals surface area contributed by atoms with Gasteiger partial charge < -0.3 is 15.4 Å². The van der Waals surface area contributed by atoms with Crippen molar-refractivity contribution >= 4 is 40.6 Å². The number of halogens is 1. The molecule has 0 bridgehead atoms. The van der Waals surface area contributed by atoms with E-state index < -0.39 is 0 Å². The fraction of sp³-hybridized carbons (Fsp3) is 0.385. The van der Waals surface area contributed by atoms with Crippen LogP contribution in [0.25, 0.3) is 0 Å². The zero-order chi connectivity index (χ0) is 14.0. The van der Waals surface area contributed by atoms with Gasteiger partial charge in [-0.15, -0.1) is 0 Å². The molecule has 1 fully saturated rings. The molecule has 0 radical (unpaired) electrons. The zero-order valence-corrected chi connectivity index (χ0v) is 12.3. The summed E-state index contributed by atoms with van der Waals surface area (Å²) in [6.45, 7) is 3.79. The second-order valence-electron chi connectivity index (χ2n) is 4.60. The highest BCUT2D eigenvalue weighted by Gasteiger charge is 2.32. The normalized spacial score (nSPS) is 21.9. The first kappa shape index (κ1) is 14.1. The average molecular weight is 299 g/mol. The number of carbonyl (C=O) groups is 1. The number of anilines is 1. The molecule has 2 atom stereocenters. The van der Waals surface area contributed by atoms with Crippen LogP contribution < -0.4 is 10.6 Å². The molecule has 0 unspecified atom stereocenters. The van der Waals surface area contributed by atoms with Crippen molar-refractivity contribution in [2.45, 2.75) is 32.4 Å². The number of aryl methyl sites for hydroxylation is 1. The smallest absolute Gasteiger partial charge is 0.329 e. The number of thiocarbonyl (C=S) groups is 1. The number of esters is 1. The molecule has 2 N–H and O–H groups in total. The molecule has 4 nitrogen and oxygen atoms in total. The minimum Gasteiger partial charge on any atom is -0.461 e. The van der Waals surface area contributed by atoms with Crippen molar-refractivity contribution in [2.75, 3.05) is 5.32 Å². The molecule has 1 aliphatic heterocycles. The fourth-order valence-electron chi connectivity index (χ4n) is 1.87. The Morgan fingerprint density at radius 3 is 2.84 bits per heavy atom. The summed E-state index contributed by atoms with van der Waals surface area (Å²) in [6, 6.07) is 5.20. The van der Waals surface area contributed by atoms with Crippen LogP contribution in [0, 0.1) is 6.92 Å². The molecular weight excluding hydrogens is 284 g/mol. The fourth-order valence-corrected chi connectivity index (χ4v) is 2.31. The standard InChI is InChI=1S/C13H15ClN2O2S/c1-7-3-4-9(6-10(7)14)15-13(19)16-11-5-8(2)18-12(11)17/h3-4,6,8,11H,5H2,1-2H3,(H2,15,16,19)/t8-,11-/m0/s1. The first-order valence-electron chi connectivity index (χ1n) is 6.00. The van der Waals surface area contributed by atoms with E-state index in [2.05, 4.69) is 10.6 Å². The Balaban J connectivity index is 1.94. The number of cyclic esters (lactones) is 1. The minimum atomic E-state index is -0.379. The van der Waals surface area contributed by atoms with Crippen LogP contribution in [0.3, 0.4) is 0 Å². The van der Waals surface area contributed by atoms with Gasteiger partial charge in [-0.25, -0.2) is 4.79 Å². The van der Waals surface area contributed by atoms with Gasteiger partial charge in [0.2, 0.25) is 0 Å². The second-order valence-corrected chi connectivity index (χ2v) is 5.41. The highest BCUT2D eigenvalue weighted by Crippen LogP contribution is 2.20. The van der Waals surface area contributed by atoms with Crippen molar-refractivity contribution in [3.8, 4) is 0 Å². The molecule has 1 aromatic rings. The first-order valence-corrected chi connectivity index (χ1v) is 6.78. The third kappa shape index (κ3) is 3.58. The summed E-state index contributed by atoms with van der Waals surface area (Å²) in [7, 11) is 0. The summed E-state index contributed by atoms with van der Waals surface area (Å²) in [4.78, 5) is 11.5. The number of ether oxygens (including phenoxy) is 1. The van der Waals surface area contributed by atoms with Crippen LogP contribution in [0.5, 0.6) is 0 Å². The van der Waals surface area contributed by atoms with Crippen LogP contribution in [0.15, 0.2) is 18.2 Å². The number of carbonyl (C=O) groups excluding carboxylic acids is 1. The Morgan fingerprint density at radius 2 is 2.26 bits per heavy atom. The Bertz CT molecular complexity index is 521. The molecule has 1 heterocycles. The SMILES string of the molecule is Cc1ccc(NC(=S)N[C@H]2C[C@H](C)OC2=O)cc1Cl. The van der Waals surface area contributed by atoms with Crippen LogP contribution in [0.2, 0.25) is 5.02 Å². The van der Waals surface area contributed by atoms with Crippen LogP contribution >= 0.6 is 23.8 Å². The van der Waals surface area contributed by atoms with Gasteiger partial charge in [0.25, 0.3) is 0 Å². The molecule has 1 saturated heterocycles. The lowest BCUT2D eigenvalue weighted by Gasteiger charge is -2.13. The highest BCUT2D eigenvalue weighted by molar-refractivity contribution is 7.80. The average Bonchev–Trinajstić information content (AvgIpc) is 2.62. The predicted octanol–water partition coefficient (Wildman–Crippen LogP) is 2.64. The van der Waals surface area contributed by atoms with Gasteiger partial charge in [-0.05, 0) is 43.8 Å². The van der Waals surface area contributed by atoms with E-state index in [0.717, 1.165) is 11.3 Å². The number of rotatable bonds is 2. The Hall–Kier alpha value is -1.33. The molecule has 0 amide bonds. The van der Waals surface area contributed by atoms with E-state index in [4.69, 9.17) is 28.6 Å². The summed E-state index contributed by atoms with van der Waals surface area (Å²) in [6.07, 6.45) is 0.552. The predicted molar refractivity (Wildman–Crippen MR) is 79.5 cm³/mol. The van der Waals surface area contributed by atoms with Crippen molar-refractivity contribution in [1.29, 1.82) is 0 Å². The van der Waals surface area contributed by atoms with E-state index in [9.17, 15) is 4.79 Å². The third-order valence-corrected chi connectivity index (χ3v) is 3.53. The van der Waals surface area contributed by atoms with Gasteiger partial charge >= 0.3 is 5.97 Å². The second kappa shape index (κ2) is 5.75. The number of benzene rings is 1. The zero-order valence-electron chi connectivity index (χ0n) is 10.7. The van der Waals surface area contributed by atoms with E-state index in [-0.39, 0.29) is 18.1 Å². The molecule has 19 heavy (non-hydrogen) atoms. The maximum atomic E-state index is 11.5. The van der Waals surface area contributed by atoms with Crippen LogP contribution in [-0.4, -0.2) is 23.2 Å². The highest BCUT2D eigenvalue weighted by atomic mass is 35.5. The lowest BCUT2D eigenvalue weighted by Crippen LogP contribution is -2.40. The molecule has 0 saturated carbocycles. The molecule has 1 aliphatic rings. The summed E-state index contributed by atoms with van der Waals surface area (Å²) in [5, 5.41) is 7.00. The Morgan fingerprint density at radius 1 is 1.53 bits per heavy atom. The molecule has 1 aromatic carbocycles. The van der Waals surface area contributed by atoms with Gasteiger partial charge in [0, 0.05) is 17.1 Å². The number of hydrogen-bond donors (Lipinski definition) is 2. The Labute approximate surface area is 122 Å². The third-order valence-electron chi connectivity index (χ3n) is 2.90. The van der Waals surface area contributed by atoms with Gasteiger partial charge in [-0.1, -0.05) is 17.7 Å². The van der Waals surface area contributed by atoms with E-state index in [0.29, 0.717) is 16.6 Å². The molecule has 0 aliphatic carbocycles. The van der Waals surface area contributed by atoms with Crippen LogP contribution in [0.1, 0.15) is 18.9 Å². The molecule has 2 rings (SSSR count). The number of nitrogens with one attached hydrogen (secondary N) is 2. The summed E-state index contributed by atoms with van der Waals surface area (Å²) in [5.41, 5.74) is 1.78. The molecule has 0 spiro atoms. The van der Waals surface area contributed by atoms with E-state index in [1.807, 2.05) is 26.0 Å². The van der Waals surface area contributed by atoms with Gasteiger partial charge in [0.05, 0.1) is 0 Å². The van der Waals surface area contributed by atoms with Crippen LogP contribution in [-0.2, 0) is 9.53 Å². The quantitative estimate of drug-likeness (QED) is 0.649. The topological polar surface area (TPSA) is 50.4 Å². The minimum absolute atomic E-state index is 0.0679. The first-order chi connectivity index (χ1) is 8.95. The van der Waals surface area contributed by atoms with Gasteiger partial charge in [0.1, 0.15) is 12.1 Å². The van der Waals surface area contributed by atoms with Gasteiger partial charge in [-0.2, -0.15) is 0 Å². The van der Waals surface area contributed by atoms with E-state index in [1.54, 1.807) is 6.07 Å². The van der Waals surface area contributed by atoms with Crippen molar-refractivity contribution in [3.05, 3.63) is 28.8 Å². The van der Waals surface area contributed by atoms with Crippen molar-refractivity contribution in [2.24, 2.45) is 0 Å². The maximum Gasteiger partial charge on any atom is 0.329 e. The van der Waals surface area contributed by atoms with E-state index in [1.165, 1.54) is 0 Å². The number of hydrogen-bond acceptors (Lipinski definition) is 3. The largest absolute Gasteiger partial charge is 0.461 e. The van der Waals surface area contributed by atoms with E-state index >= 15 is 0 Å². The van der Waals surface area contributed by atoms with Gasteiger partial charge in [-0.3, -0.25) is 0 Å². The summed E-state index contributed by atoms with van der Waals surface area (Å²) in [5.74, 6) is -0.265. The molecular formula is C13H15ClN2O2S. The Kier molecular flexibility index (Phi) is 4.27. The summed E-state index contributed by atoms with van der Waals surface area (Å²) >= 11 is 11.2. The summed E-state index contributed by atoms with van der Waals surface area (Å²) < 4.78 is 5.05. The van der Waals surface area contributed by atoms with Crippen molar-refractivity contribution in [3.63, 3.8) is 0 Å². The lowest BCUT2D eigenvalue weighted by molar-refractivity contribution is -0.142.